The summed E-state index contributed by atoms with van der Waals surface area (Å²) in [6, 6.07) is 7.61. The Bertz CT molecular complexity index is 398. The lowest BCUT2D eigenvalue weighted by molar-refractivity contribution is 0.491. The van der Waals surface area contributed by atoms with Crippen molar-refractivity contribution in [2.24, 2.45) is 5.92 Å². The highest BCUT2D eigenvalue weighted by molar-refractivity contribution is 5.56. The molecule has 0 bridgehead atoms. The molecule has 0 amide bonds. The summed E-state index contributed by atoms with van der Waals surface area (Å²) in [7, 11) is 2.00. The maximum Gasteiger partial charge on any atom is 0.0398 e. The number of benzene rings is 1. The maximum atomic E-state index is 3.21. The van der Waals surface area contributed by atoms with Gasteiger partial charge in [0.25, 0.3) is 0 Å². The zero-order chi connectivity index (χ0) is 13.1. The summed E-state index contributed by atoms with van der Waals surface area (Å²) in [6.45, 7) is 9.09. The van der Waals surface area contributed by atoms with Crippen LogP contribution in [0.15, 0.2) is 18.2 Å². The maximum absolute atomic E-state index is 3.21. The predicted molar refractivity (Wildman–Crippen MR) is 79.1 cm³/mol. The van der Waals surface area contributed by atoms with Crippen LogP contribution >= 0.6 is 0 Å². The molecular weight excluding hydrogens is 220 g/mol. The highest BCUT2D eigenvalue weighted by Gasteiger charge is 2.27. The van der Waals surface area contributed by atoms with Crippen LogP contribution in [-0.2, 0) is 6.54 Å². The van der Waals surface area contributed by atoms with Crippen molar-refractivity contribution in [1.29, 1.82) is 0 Å². The topological polar surface area (TPSA) is 15.3 Å². The van der Waals surface area contributed by atoms with Crippen molar-refractivity contribution in [1.82, 2.24) is 5.32 Å². The quantitative estimate of drug-likeness (QED) is 0.876. The van der Waals surface area contributed by atoms with E-state index in [1.807, 2.05) is 7.05 Å². The first kappa shape index (κ1) is 13.4. The summed E-state index contributed by atoms with van der Waals surface area (Å²) in [6.07, 6.45) is 2.68. The monoisotopic (exact) mass is 246 g/mol. The molecule has 0 radical (unpaired) electrons. The molecule has 18 heavy (non-hydrogen) atoms. The fourth-order valence-corrected chi connectivity index (χ4v) is 3.14. The van der Waals surface area contributed by atoms with Gasteiger partial charge in [-0.1, -0.05) is 26.0 Å². The minimum absolute atomic E-state index is 0.721. The number of rotatable bonds is 4. The molecule has 2 nitrogen and oxygen atoms in total. The van der Waals surface area contributed by atoms with Gasteiger partial charge in [-0.25, -0.2) is 0 Å². The molecule has 1 aliphatic heterocycles. The molecule has 100 valence electrons. The number of hydrogen-bond acceptors (Lipinski definition) is 2. The van der Waals surface area contributed by atoms with Crippen LogP contribution in [0.3, 0.4) is 0 Å². The van der Waals surface area contributed by atoms with Crippen LogP contribution in [-0.4, -0.2) is 19.6 Å². The second-order valence-electron chi connectivity index (χ2n) is 5.80. The van der Waals surface area contributed by atoms with E-state index in [-0.39, 0.29) is 0 Å². The standard InChI is InChI=1S/C16H26N2/c1-12(2)15-6-5-9-18(15)16-8-7-14(11-17-4)10-13(16)3/h7-8,10,12,15,17H,5-6,9,11H2,1-4H3. The number of nitrogens with one attached hydrogen (secondary N) is 1. The van der Waals surface area contributed by atoms with Gasteiger partial charge in [0, 0.05) is 24.8 Å². The van der Waals surface area contributed by atoms with Crippen LogP contribution in [0, 0.1) is 12.8 Å². The van der Waals surface area contributed by atoms with Crippen LogP contribution in [0.25, 0.3) is 0 Å². The first-order valence-corrected chi connectivity index (χ1v) is 7.14. The molecule has 1 N–H and O–H groups in total. The van der Waals surface area contributed by atoms with Gasteiger partial charge in [0.2, 0.25) is 0 Å². The zero-order valence-electron chi connectivity index (χ0n) is 12.2. The van der Waals surface area contributed by atoms with Gasteiger partial charge in [-0.2, -0.15) is 0 Å². The van der Waals surface area contributed by atoms with E-state index in [2.05, 4.69) is 49.2 Å². The predicted octanol–water partition coefficient (Wildman–Crippen LogP) is 3.34. The van der Waals surface area contributed by atoms with Gasteiger partial charge >= 0.3 is 0 Å². The molecule has 2 heteroatoms. The third-order valence-electron chi connectivity index (χ3n) is 4.02. The van der Waals surface area contributed by atoms with Gasteiger partial charge < -0.3 is 10.2 Å². The minimum Gasteiger partial charge on any atom is -0.368 e. The molecule has 0 aliphatic carbocycles. The van der Waals surface area contributed by atoms with Gasteiger partial charge in [-0.05, 0) is 49.9 Å². The van der Waals surface area contributed by atoms with Crippen molar-refractivity contribution in [2.75, 3.05) is 18.5 Å². The Morgan fingerprint density at radius 2 is 2.17 bits per heavy atom. The Morgan fingerprint density at radius 1 is 1.39 bits per heavy atom. The lowest BCUT2D eigenvalue weighted by atomic mass is 10.0. The van der Waals surface area contributed by atoms with Gasteiger partial charge in [0.15, 0.2) is 0 Å². The number of aryl methyl sites for hydroxylation is 1. The Balaban J connectivity index is 2.22. The normalized spacial score (nSPS) is 19.8. The molecule has 1 heterocycles. The smallest absolute Gasteiger partial charge is 0.0398 e. The summed E-state index contributed by atoms with van der Waals surface area (Å²) in [5.41, 5.74) is 4.22. The Labute approximate surface area is 111 Å². The molecule has 1 fully saturated rings. The van der Waals surface area contributed by atoms with E-state index >= 15 is 0 Å². The van der Waals surface area contributed by atoms with E-state index in [4.69, 9.17) is 0 Å². The highest BCUT2D eigenvalue weighted by Crippen LogP contribution is 2.32. The second-order valence-corrected chi connectivity index (χ2v) is 5.80. The van der Waals surface area contributed by atoms with Crippen molar-refractivity contribution >= 4 is 5.69 Å². The average Bonchev–Trinajstić information content (AvgIpc) is 2.78. The largest absolute Gasteiger partial charge is 0.368 e. The molecular formula is C16H26N2. The third-order valence-corrected chi connectivity index (χ3v) is 4.02. The molecule has 1 unspecified atom stereocenters. The average molecular weight is 246 g/mol. The van der Waals surface area contributed by atoms with E-state index in [1.54, 1.807) is 0 Å². The fourth-order valence-electron chi connectivity index (χ4n) is 3.14. The lowest BCUT2D eigenvalue weighted by Crippen LogP contribution is -2.33. The van der Waals surface area contributed by atoms with Crippen molar-refractivity contribution in [3.05, 3.63) is 29.3 Å². The van der Waals surface area contributed by atoms with Crippen LogP contribution in [0.1, 0.15) is 37.8 Å². The first-order valence-electron chi connectivity index (χ1n) is 7.14. The van der Waals surface area contributed by atoms with Crippen molar-refractivity contribution in [3.63, 3.8) is 0 Å². The van der Waals surface area contributed by atoms with Crippen LogP contribution in [0.5, 0.6) is 0 Å². The number of anilines is 1. The van der Waals surface area contributed by atoms with Gasteiger partial charge in [-0.15, -0.1) is 0 Å². The minimum atomic E-state index is 0.721. The van der Waals surface area contributed by atoms with Crippen LogP contribution in [0.2, 0.25) is 0 Å². The molecule has 1 aromatic rings. The number of nitrogens with zero attached hydrogens (tertiary/aromatic N) is 1. The van der Waals surface area contributed by atoms with E-state index in [0.717, 1.165) is 18.5 Å². The molecule has 0 aromatic heterocycles. The van der Waals surface area contributed by atoms with E-state index in [0.29, 0.717) is 0 Å². The summed E-state index contributed by atoms with van der Waals surface area (Å²) in [4.78, 5) is 2.61. The molecule has 1 aromatic carbocycles. The van der Waals surface area contributed by atoms with Crippen molar-refractivity contribution in [3.8, 4) is 0 Å². The lowest BCUT2D eigenvalue weighted by Gasteiger charge is -2.31. The summed E-state index contributed by atoms with van der Waals surface area (Å²) in [5.74, 6) is 0.740. The van der Waals surface area contributed by atoms with Gasteiger partial charge in [-0.3, -0.25) is 0 Å². The molecule has 1 atom stereocenters. The zero-order valence-corrected chi connectivity index (χ0v) is 12.2. The Hall–Kier alpha value is -1.02. The van der Waals surface area contributed by atoms with E-state index in [9.17, 15) is 0 Å². The van der Waals surface area contributed by atoms with E-state index < -0.39 is 0 Å². The second kappa shape index (κ2) is 5.75. The molecule has 1 saturated heterocycles. The van der Waals surface area contributed by atoms with E-state index in [1.165, 1.54) is 36.2 Å². The Kier molecular flexibility index (Phi) is 4.28. The van der Waals surface area contributed by atoms with Crippen molar-refractivity contribution in [2.45, 2.75) is 46.2 Å². The van der Waals surface area contributed by atoms with Gasteiger partial charge in [0.1, 0.15) is 0 Å². The fraction of sp³-hybridized carbons (Fsp3) is 0.625. The summed E-state index contributed by atoms with van der Waals surface area (Å²) < 4.78 is 0. The summed E-state index contributed by atoms with van der Waals surface area (Å²) in [5, 5.41) is 3.21. The number of hydrogen-bond donors (Lipinski definition) is 1. The molecule has 0 spiro atoms. The van der Waals surface area contributed by atoms with Crippen molar-refractivity contribution < 1.29 is 0 Å². The van der Waals surface area contributed by atoms with Crippen LogP contribution < -0.4 is 10.2 Å². The highest BCUT2D eigenvalue weighted by atomic mass is 15.2. The molecule has 1 aliphatic rings. The summed E-state index contributed by atoms with van der Waals surface area (Å²) >= 11 is 0. The molecule has 2 rings (SSSR count). The van der Waals surface area contributed by atoms with Gasteiger partial charge in [0.05, 0.1) is 0 Å². The molecule has 0 saturated carbocycles. The third kappa shape index (κ3) is 2.69. The Morgan fingerprint density at radius 3 is 2.78 bits per heavy atom. The first-order chi connectivity index (χ1) is 8.63. The van der Waals surface area contributed by atoms with Crippen LogP contribution in [0.4, 0.5) is 5.69 Å². The SMILES string of the molecule is CNCc1ccc(N2CCCC2C(C)C)c(C)c1.